The molecule has 2 aliphatic rings. The first-order valence-electron chi connectivity index (χ1n) is 8.69. The van der Waals surface area contributed by atoms with Gasteiger partial charge in [-0.15, -0.1) is 0 Å². The van der Waals surface area contributed by atoms with E-state index in [0.29, 0.717) is 39.2 Å². The van der Waals surface area contributed by atoms with E-state index in [-0.39, 0.29) is 23.8 Å². The van der Waals surface area contributed by atoms with Crippen molar-refractivity contribution in [3.8, 4) is 0 Å². The predicted molar refractivity (Wildman–Crippen MR) is 87.5 cm³/mol. The van der Waals surface area contributed by atoms with E-state index in [9.17, 15) is 22.8 Å². The van der Waals surface area contributed by atoms with Gasteiger partial charge in [0.25, 0.3) is 0 Å². The van der Waals surface area contributed by atoms with Crippen LogP contribution < -0.4 is 0 Å². The number of halogens is 3. The molecule has 2 unspecified atom stereocenters. The van der Waals surface area contributed by atoms with Crippen molar-refractivity contribution >= 4 is 12.0 Å². The Kier molecular flexibility index (Phi) is 5.11. The molecule has 1 aromatic rings. The lowest BCUT2D eigenvalue weighted by atomic mass is 10.1. The van der Waals surface area contributed by atoms with Gasteiger partial charge in [0.05, 0.1) is 12.2 Å². The van der Waals surface area contributed by atoms with Crippen molar-refractivity contribution in [1.29, 1.82) is 0 Å². The molecule has 1 aliphatic carbocycles. The highest BCUT2D eigenvalue weighted by molar-refractivity contribution is 5.83. The number of benzene rings is 1. The number of piperazine rings is 1. The molecular formula is C18H21F3N2O3. The molecule has 0 bridgehead atoms. The van der Waals surface area contributed by atoms with Crippen molar-refractivity contribution in [2.75, 3.05) is 32.8 Å². The van der Waals surface area contributed by atoms with Crippen LogP contribution in [0.2, 0.25) is 0 Å². The van der Waals surface area contributed by atoms with Crippen LogP contribution in [0.1, 0.15) is 30.4 Å². The average Bonchev–Trinajstić information content (AvgIpc) is 3.41. The number of carbonyl (C=O) groups is 2. The summed E-state index contributed by atoms with van der Waals surface area (Å²) in [6.07, 6.45) is -4.06. The first-order chi connectivity index (χ1) is 12.3. The fraction of sp³-hybridized carbons (Fsp3) is 0.556. The lowest BCUT2D eigenvalue weighted by molar-refractivity contribution is -0.137. The Morgan fingerprint density at radius 1 is 1.08 bits per heavy atom. The number of nitrogens with zero attached hydrogens (tertiary/aromatic N) is 2. The van der Waals surface area contributed by atoms with Gasteiger partial charge in [0.2, 0.25) is 5.91 Å². The molecular weight excluding hydrogens is 349 g/mol. The second-order valence-electron chi connectivity index (χ2n) is 6.58. The summed E-state index contributed by atoms with van der Waals surface area (Å²) in [5.41, 5.74) is 0.0846. The molecule has 2 fully saturated rings. The number of hydrogen-bond donors (Lipinski definition) is 0. The van der Waals surface area contributed by atoms with Crippen LogP contribution >= 0.6 is 0 Å². The summed E-state index contributed by atoms with van der Waals surface area (Å²) in [5, 5.41) is 0. The molecule has 5 nitrogen and oxygen atoms in total. The Morgan fingerprint density at radius 2 is 1.65 bits per heavy atom. The van der Waals surface area contributed by atoms with E-state index >= 15 is 0 Å². The average molecular weight is 370 g/mol. The maximum atomic E-state index is 12.6. The van der Waals surface area contributed by atoms with Crippen LogP contribution in [-0.2, 0) is 15.7 Å². The molecule has 142 valence electrons. The normalized spacial score (nSPS) is 22.9. The van der Waals surface area contributed by atoms with Crippen LogP contribution in [0.25, 0.3) is 0 Å². The largest absolute Gasteiger partial charge is 0.450 e. The topological polar surface area (TPSA) is 49.9 Å². The zero-order valence-electron chi connectivity index (χ0n) is 14.5. The molecule has 3 rings (SSSR count). The molecule has 0 spiro atoms. The van der Waals surface area contributed by atoms with Crippen molar-refractivity contribution in [3.63, 3.8) is 0 Å². The second kappa shape index (κ2) is 7.17. The number of hydrogen-bond acceptors (Lipinski definition) is 3. The van der Waals surface area contributed by atoms with E-state index in [1.807, 2.05) is 0 Å². The Balaban J connectivity index is 1.53. The van der Waals surface area contributed by atoms with Gasteiger partial charge >= 0.3 is 12.3 Å². The molecule has 1 aliphatic heterocycles. The van der Waals surface area contributed by atoms with E-state index in [4.69, 9.17) is 4.74 Å². The maximum absolute atomic E-state index is 12.6. The van der Waals surface area contributed by atoms with Crippen LogP contribution in [0.15, 0.2) is 24.3 Å². The highest BCUT2D eigenvalue weighted by Gasteiger charge is 2.46. The standard InChI is InChI=1S/C18H21F3N2O3/c1-2-26-17(25)23-9-7-22(8-10-23)16(24)15-11-14(15)12-3-5-13(6-4-12)18(19,20)21/h3-6,14-15H,2,7-11H2,1H3. The SMILES string of the molecule is CCOC(=O)N1CCN(C(=O)C2CC2c2ccc(C(F)(F)F)cc2)CC1. The Labute approximate surface area is 149 Å². The zero-order valence-corrected chi connectivity index (χ0v) is 14.5. The fourth-order valence-corrected chi connectivity index (χ4v) is 3.31. The van der Waals surface area contributed by atoms with Crippen molar-refractivity contribution in [3.05, 3.63) is 35.4 Å². The van der Waals surface area contributed by atoms with Crippen molar-refractivity contribution in [2.24, 2.45) is 5.92 Å². The third kappa shape index (κ3) is 3.94. The summed E-state index contributed by atoms with van der Waals surface area (Å²) in [7, 11) is 0. The van der Waals surface area contributed by atoms with Gasteiger partial charge in [0, 0.05) is 32.1 Å². The Morgan fingerprint density at radius 3 is 2.19 bits per heavy atom. The first kappa shape index (κ1) is 18.5. The first-order valence-corrected chi connectivity index (χ1v) is 8.69. The molecule has 26 heavy (non-hydrogen) atoms. The minimum absolute atomic E-state index is 0.0124. The highest BCUT2D eigenvalue weighted by atomic mass is 19.4. The number of amides is 2. The third-order valence-electron chi connectivity index (χ3n) is 4.89. The van der Waals surface area contributed by atoms with Crippen molar-refractivity contribution in [1.82, 2.24) is 9.80 Å². The van der Waals surface area contributed by atoms with Gasteiger partial charge in [-0.1, -0.05) is 12.1 Å². The van der Waals surface area contributed by atoms with E-state index in [0.717, 1.165) is 17.7 Å². The van der Waals surface area contributed by atoms with Crippen LogP contribution in [-0.4, -0.2) is 54.6 Å². The second-order valence-corrected chi connectivity index (χ2v) is 6.58. The van der Waals surface area contributed by atoms with Gasteiger partial charge < -0.3 is 14.5 Å². The quantitative estimate of drug-likeness (QED) is 0.822. The monoisotopic (exact) mass is 370 g/mol. The molecule has 2 atom stereocenters. The number of alkyl halides is 3. The molecule has 1 saturated heterocycles. The summed E-state index contributed by atoms with van der Waals surface area (Å²) in [6, 6.07) is 5.04. The lowest BCUT2D eigenvalue weighted by Crippen LogP contribution is -2.51. The number of ether oxygens (including phenoxy) is 1. The van der Waals surface area contributed by atoms with Crippen molar-refractivity contribution in [2.45, 2.75) is 25.4 Å². The highest BCUT2D eigenvalue weighted by Crippen LogP contribution is 2.49. The predicted octanol–water partition coefficient (Wildman–Crippen LogP) is 3.11. The maximum Gasteiger partial charge on any atom is 0.416 e. The third-order valence-corrected chi connectivity index (χ3v) is 4.89. The van der Waals surface area contributed by atoms with E-state index in [1.165, 1.54) is 12.1 Å². The summed E-state index contributed by atoms with van der Waals surface area (Å²) in [6.45, 7) is 3.83. The fourth-order valence-electron chi connectivity index (χ4n) is 3.31. The van der Waals surface area contributed by atoms with E-state index in [2.05, 4.69) is 0 Å². The van der Waals surface area contributed by atoms with Crippen molar-refractivity contribution < 1.29 is 27.5 Å². The summed E-state index contributed by atoms with van der Waals surface area (Å²) in [5.74, 6) is -0.188. The molecule has 1 saturated carbocycles. The molecule has 0 N–H and O–H groups in total. The molecule has 1 heterocycles. The minimum Gasteiger partial charge on any atom is -0.450 e. The smallest absolute Gasteiger partial charge is 0.416 e. The summed E-state index contributed by atoms with van der Waals surface area (Å²) < 4.78 is 42.8. The molecule has 0 aromatic heterocycles. The molecule has 0 radical (unpaired) electrons. The van der Waals surface area contributed by atoms with Crippen LogP contribution in [0.3, 0.4) is 0 Å². The minimum atomic E-state index is -4.35. The van der Waals surface area contributed by atoms with Gasteiger partial charge in [0.15, 0.2) is 0 Å². The van der Waals surface area contributed by atoms with Gasteiger partial charge in [-0.05, 0) is 37.0 Å². The Hall–Kier alpha value is -2.25. The molecule has 8 heteroatoms. The molecule has 2 amide bonds. The van der Waals surface area contributed by atoms with Gasteiger partial charge in [-0.2, -0.15) is 13.2 Å². The molecule has 1 aromatic carbocycles. The van der Waals surface area contributed by atoms with Crippen LogP contribution in [0.4, 0.5) is 18.0 Å². The van der Waals surface area contributed by atoms with E-state index < -0.39 is 11.7 Å². The zero-order chi connectivity index (χ0) is 18.9. The van der Waals surface area contributed by atoms with Gasteiger partial charge in [-0.25, -0.2) is 4.79 Å². The van der Waals surface area contributed by atoms with Crippen LogP contribution in [0, 0.1) is 5.92 Å². The summed E-state index contributed by atoms with van der Waals surface area (Å²) in [4.78, 5) is 27.6. The lowest BCUT2D eigenvalue weighted by Gasteiger charge is -2.34. The van der Waals surface area contributed by atoms with Crippen LogP contribution in [0.5, 0.6) is 0 Å². The summed E-state index contributed by atoms with van der Waals surface area (Å²) >= 11 is 0. The van der Waals surface area contributed by atoms with Gasteiger partial charge in [0.1, 0.15) is 0 Å². The number of carbonyl (C=O) groups excluding carboxylic acids is 2. The van der Waals surface area contributed by atoms with E-state index in [1.54, 1.807) is 16.7 Å². The number of rotatable bonds is 3. The van der Waals surface area contributed by atoms with Gasteiger partial charge in [-0.3, -0.25) is 4.79 Å². The Bertz CT molecular complexity index is 667.